The summed E-state index contributed by atoms with van der Waals surface area (Å²) in [5.74, 6) is 0.0900. The van der Waals surface area contributed by atoms with Crippen LogP contribution in [0.15, 0.2) is 0 Å². The molecule has 0 saturated carbocycles. The summed E-state index contributed by atoms with van der Waals surface area (Å²) in [7, 11) is -3.25. The van der Waals surface area contributed by atoms with E-state index in [2.05, 4.69) is 0 Å². The SMILES string of the molecule is CCCCCS(=O)(=O)N[C]=N. The van der Waals surface area contributed by atoms with Crippen molar-refractivity contribution in [2.75, 3.05) is 5.75 Å². The Morgan fingerprint density at radius 3 is 2.55 bits per heavy atom. The lowest BCUT2D eigenvalue weighted by molar-refractivity contribution is 0.588. The van der Waals surface area contributed by atoms with Crippen molar-refractivity contribution in [3.63, 3.8) is 0 Å². The summed E-state index contributed by atoms with van der Waals surface area (Å²) >= 11 is 0. The Morgan fingerprint density at radius 1 is 1.45 bits per heavy atom. The highest BCUT2D eigenvalue weighted by molar-refractivity contribution is 7.89. The van der Waals surface area contributed by atoms with Gasteiger partial charge < -0.3 is 0 Å². The van der Waals surface area contributed by atoms with Crippen molar-refractivity contribution in [1.82, 2.24) is 4.72 Å². The van der Waals surface area contributed by atoms with Gasteiger partial charge in [-0.25, -0.2) is 8.42 Å². The van der Waals surface area contributed by atoms with Crippen LogP contribution in [0.1, 0.15) is 26.2 Å². The van der Waals surface area contributed by atoms with Crippen LogP contribution in [-0.4, -0.2) is 20.5 Å². The third-order valence-corrected chi connectivity index (χ3v) is 2.46. The van der Waals surface area contributed by atoms with Crippen LogP contribution in [0.3, 0.4) is 0 Å². The Bertz CT molecular complexity index is 199. The number of sulfonamides is 1. The predicted octanol–water partition coefficient (Wildman–Crippen LogP) is 0.580. The first-order valence-corrected chi connectivity index (χ1v) is 5.19. The van der Waals surface area contributed by atoms with Crippen LogP contribution in [0, 0.1) is 5.41 Å². The van der Waals surface area contributed by atoms with Crippen LogP contribution in [0.4, 0.5) is 0 Å². The van der Waals surface area contributed by atoms with Crippen molar-refractivity contribution >= 4 is 16.4 Å². The van der Waals surface area contributed by atoms with Gasteiger partial charge >= 0.3 is 0 Å². The zero-order valence-electron chi connectivity index (χ0n) is 6.55. The van der Waals surface area contributed by atoms with Crippen molar-refractivity contribution in [2.45, 2.75) is 26.2 Å². The maximum Gasteiger partial charge on any atom is 0.233 e. The van der Waals surface area contributed by atoms with Crippen LogP contribution < -0.4 is 4.72 Å². The summed E-state index contributed by atoms with van der Waals surface area (Å²) in [5.41, 5.74) is 0. The van der Waals surface area contributed by atoms with E-state index in [-0.39, 0.29) is 5.75 Å². The summed E-state index contributed by atoms with van der Waals surface area (Å²) in [4.78, 5) is 0. The molecule has 0 heterocycles. The molecule has 11 heavy (non-hydrogen) atoms. The highest BCUT2D eigenvalue weighted by Crippen LogP contribution is 1.96. The molecule has 0 amide bonds. The normalized spacial score (nSPS) is 11.0. The van der Waals surface area contributed by atoms with E-state index in [1.54, 1.807) is 6.34 Å². The first-order chi connectivity index (χ1) is 5.12. The van der Waals surface area contributed by atoms with Crippen LogP contribution in [0.25, 0.3) is 0 Å². The summed E-state index contributed by atoms with van der Waals surface area (Å²) in [6.07, 6.45) is 4.18. The smallest absolute Gasteiger partial charge is 0.233 e. The molecule has 4 nitrogen and oxygen atoms in total. The van der Waals surface area contributed by atoms with Gasteiger partial charge in [0.1, 0.15) is 0 Å². The third-order valence-electron chi connectivity index (χ3n) is 1.22. The van der Waals surface area contributed by atoms with Gasteiger partial charge in [0.15, 0.2) is 6.34 Å². The fourth-order valence-corrected chi connectivity index (χ4v) is 1.51. The van der Waals surface area contributed by atoms with Crippen molar-refractivity contribution < 1.29 is 8.42 Å². The number of hydrogen-bond donors (Lipinski definition) is 2. The topological polar surface area (TPSA) is 70.0 Å². The lowest BCUT2D eigenvalue weighted by atomic mass is 10.3. The lowest BCUT2D eigenvalue weighted by Gasteiger charge is -1.99. The maximum absolute atomic E-state index is 10.8. The molecule has 0 aromatic carbocycles. The minimum atomic E-state index is -3.25. The molecule has 0 rings (SSSR count). The van der Waals surface area contributed by atoms with Gasteiger partial charge in [0.2, 0.25) is 10.0 Å². The van der Waals surface area contributed by atoms with Gasteiger partial charge in [-0.2, -0.15) is 0 Å². The van der Waals surface area contributed by atoms with Gasteiger partial charge in [-0.05, 0) is 6.42 Å². The molecule has 0 aliphatic carbocycles. The van der Waals surface area contributed by atoms with Gasteiger partial charge in [-0.3, -0.25) is 10.1 Å². The number of hydrogen-bond acceptors (Lipinski definition) is 3. The Labute approximate surface area is 67.6 Å². The van der Waals surface area contributed by atoms with Gasteiger partial charge in [0.25, 0.3) is 0 Å². The van der Waals surface area contributed by atoms with Crippen molar-refractivity contribution in [3.8, 4) is 0 Å². The van der Waals surface area contributed by atoms with Crippen LogP contribution in [0.2, 0.25) is 0 Å². The molecular weight excluding hydrogens is 164 g/mol. The van der Waals surface area contributed by atoms with Crippen LogP contribution in [-0.2, 0) is 10.0 Å². The second-order valence-corrected chi connectivity index (χ2v) is 4.09. The molecule has 0 unspecified atom stereocenters. The zero-order valence-corrected chi connectivity index (χ0v) is 7.37. The third kappa shape index (κ3) is 5.84. The minimum absolute atomic E-state index is 0.0900. The molecule has 0 saturated heterocycles. The molecule has 0 atom stereocenters. The van der Waals surface area contributed by atoms with E-state index < -0.39 is 10.0 Å². The van der Waals surface area contributed by atoms with Crippen molar-refractivity contribution in [3.05, 3.63) is 0 Å². The largest absolute Gasteiger partial charge is 0.281 e. The van der Waals surface area contributed by atoms with E-state index in [4.69, 9.17) is 5.41 Å². The number of rotatable bonds is 6. The highest BCUT2D eigenvalue weighted by atomic mass is 32.2. The monoisotopic (exact) mass is 177 g/mol. The molecule has 0 spiro atoms. The van der Waals surface area contributed by atoms with Gasteiger partial charge in [0.05, 0.1) is 5.75 Å². The van der Waals surface area contributed by atoms with E-state index in [1.807, 2.05) is 11.6 Å². The molecule has 5 heteroatoms. The fourth-order valence-electron chi connectivity index (χ4n) is 0.671. The van der Waals surface area contributed by atoms with Crippen molar-refractivity contribution in [1.29, 1.82) is 5.41 Å². The Balaban J connectivity index is 3.65. The van der Waals surface area contributed by atoms with E-state index >= 15 is 0 Å². The first kappa shape index (κ1) is 10.4. The molecule has 0 bridgehead atoms. The van der Waals surface area contributed by atoms with Crippen molar-refractivity contribution in [2.24, 2.45) is 0 Å². The molecular formula is C6H13N2O2S. The molecule has 0 aromatic heterocycles. The molecule has 65 valence electrons. The Hall–Kier alpha value is -0.580. The van der Waals surface area contributed by atoms with E-state index in [1.165, 1.54) is 0 Å². The molecule has 0 fully saturated rings. The highest BCUT2D eigenvalue weighted by Gasteiger charge is 2.05. The summed E-state index contributed by atoms with van der Waals surface area (Å²) in [5, 5.41) is 6.40. The Morgan fingerprint density at radius 2 is 2.09 bits per heavy atom. The van der Waals surface area contributed by atoms with Crippen LogP contribution in [0.5, 0.6) is 0 Å². The average Bonchev–Trinajstić information content (AvgIpc) is 1.87. The number of nitrogens with one attached hydrogen (secondary N) is 2. The molecule has 0 aliphatic heterocycles. The second kappa shape index (κ2) is 5.12. The predicted molar refractivity (Wildman–Crippen MR) is 44.2 cm³/mol. The fraction of sp³-hybridized carbons (Fsp3) is 0.833. The van der Waals surface area contributed by atoms with E-state index in [0.717, 1.165) is 12.8 Å². The van der Waals surface area contributed by atoms with Crippen LogP contribution >= 0.6 is 0 Å². The molecule has 2 N–H and O–H groups in total. The molecule has 0 aliphatic rings. The summed E-state index contributed by atoms with van der Waals surface area (Å²) in [6, 6.07) is 0. The van der Waals surface area contributed by atoms with E-state index in [9.17, 15) is 8.42 Å². The van der Waals surface area contributed by atoms with Gasteiger partial charge in [0, 0.05) is 0 Å². The maximum atomic E-state index is 10.8. The molecule has 0 aromatic rings. The first-order valence-electron chi connectivity index (χ1n) is 3.53. The Kier molecular flexibility index (Phi) is 4.85. The lowest BCUT2D eigenvalue weighted by Crippen LogP contribution is -2.24. The molecule has 1 radical (unpaired) electrons. The van der Waals surface area contributed by atoms with Gasteiger partial charge in [-0.15, -0.1) is 0 Å². The zero-order chi connectivity index (χ0) is 8.74. The number of unbranched alkanes of at least 4 members (excludes halogenated alkanes) is 2. The standard InChI is InChI=1S/C6H13N2O2S/c1-2-3-4-5-11(9,10)8-6-7/h2-5H2,1H3,(H2,7,8). The quantitative estimate of drug-likeness (QED) is 0.270. The second-order valence-electron chi connectivity index (χ2n) is 2.25. The summed E-state index contributed by atoms with van der Waals surface area (Å²) < 4.78 is 23.5. The van der Waals surface area contributed by atoms with Gasteiger partial charge in [-0.1, -0.05) is 19.8 Å². The minimum Gasteiger partial charge on any atom is -0.281 e. The van der Waals surface area contributed by atoms with E-state index in [0.29, 0.717) is 6.42 Å². The summed E-state index contributed by atoms with van der Waals surface area (Å²) in [6.45, 7) is 2.00. The average molecular weight is 177 g/mol.